The number of urea groups is 1. The Bertz CT molecular complexity index is 699. The predicted molar refractivity (Wildman–Crippen MR) is 96.0 cm³/mol. The third-order valence-electron chi connectivity index (χ3n) is 4.36. The maximum atomic E-state index is 12.2. The SMILES string of the molecule is Cc1nc2n(n1)CCC[C@H]2NC(=O)NCCN(C)Cc1ccccc1. The van der Waals surface area contributed by atoms with Gasteiger partial charge < -0.3 is 15.5 Å². The summed E-state index contributed by atoms with van der Waals surface area (Å²) in [5.41, 5.74) is 1.27. The number of benzene rings is 1. The molecule has 2 amide bonds. The van der Waals surface area contributed by atoms with Gasteiger partial charge in [-0.25, -0.2) is 14.5 Å². The number of hydrogen-bond donors (Lipinski definition) is 2. The number of aromatic nitrogens is 3. The summed E-state index contributed by atoms with van der Waals surface area (Å²) in [6, 6.07) is 10.1. The molecule has 1 aliphatic rings. The van der Waals surface area contributed by atoms with E-state index in [9.17, 15) is 4.79 Å². The number of carbonyl (C=O) groups excluding carboxylic acids is 1. The Labute approximate surface area is 148 Å². The quantitative estimate of drug-likeness (QED) is 0.840. The molecule has 0 saturated heterocycles. The fraction of sp³-hybridized carbons (Fsp3) is 0.500. The third kappa shape index (κ3) is 4.79. The average molecular weight is 342 g/mol. The van der Waals surface area contributed by atoms with Gasteiger partial charge in [-0.1, -0.05) is 30.3 Å². The zero-order valence-corrected chi connectivity index (χ0v) is 14.9. The van der Waals surface area contributed by atoms with Crippen LogP contribution in [0.2, 0.25) is 0 Å². The van der Waals surface area contributed by atoms with Crippen LogP contribution in [-0.2, 0) is 13.1 Å². The van der Waals surface area contributed by atoms with E-state index in [4.69, 9.17) is 0 Å². The van der Waals surface area contributed by atoms with Crippen molar-refractivity contribution in [3.05, 3.63) is 47.5 Å². The van der Waals surface area contributed by atoms with E-state index in [1.165, 1.54) is 5.56 Å². The van der Waals surface area contributed by atoms with E-state index in [0.29, 0.717) is 6.54 Å². The summed E-state index contributed by atoms with van der Waals surface area (Å²) < 4.78 is 1.90. The highest BCUT2D eigenvalue weighted by atomic mass is 16.2. The smallest absolute Gasteiger partial charge is 0.315 e. The fourth-order valence-electron chi connectivity index (χ4n) is 3.15. The molecule has 0 unspecified atom stereocenters. The Balaban J connectivity index is 1.41. The molecule has 3 rings (SSSR count). The minimum Gasteiger partial charge on any atom is -0.337 e. The topological polar surface area (TPSA) is 75.1 Å². The summed E-state index contributed by atoms with van der Waals surface area (Å²) in [7, 11) is 2.05. The normalized spacial score (nSPS) is 16.5. The van der Waals surface area contributed by atoms with Gasteiger partial charge in [0.15, 0.2) is 0 Å². The van der Waals surface area contributed by atoms with Crippen LogP contribution in [0.25, 0.3) is 0 Å². The summed E-state index contributed by atoms with van der Waals surface area (Å²) in [4.78, 5) is 18.8. The van der Waals surface area contributed by atoms with Crippen LogP contribution < -0.4 is 10.6 Å². The largest absolute Gasteiger partial charge is 0.337 e. The first-order valence-corrected chi connectivity index (χ1v) is 8.80. The number of carbonyl (C=O) groups is 1. The van der Waals surface area contributed by atoms with Gasteiger partial charge in [-0.3, -0.25) is 0 Å². The zero-order chi connectivity index (χ0) is 17.6. The van der Waals surface area contributed by atoms with Crippen LogP contribution in [-0.4, -0.2) is 45.8 Å². The monoisotopic (exact) mass is 342 g/mol. The predicted octanol–water partition coefficient (Wildman–Crippen LogP) is 1.85. The second kappa shape index (κ2) is 8.11. The molecule has 2 N–H and O–H groups in total. The molecule has 1 aliphatic heterocycles. The molecule has 0 aliphatic carbocycles. The van der Waals surface area contributed by atoms with E-state index < -0.39 is 0 Å². The third-order valence-corrected chi connectivity index (χ3v) is 4.36. The number of likely N-dealkylation sites (N-methyl/N-ethyl adjacent to an activating group) is 1. The van der Waals surface area contributed by atoms with Gasteiger partial charge >= 0.3 is 6.03 Å². The van der Waals surface area contributed by atoms with Gasteiger partial charge in [0.25, 0.3) is 0 Å². The number of nitrogens with one attached hydrogen (secondary N) is 2. The van der Waals surface area contributed by atoms with Gasteiger partial charge in [0.1, 0.15) is 11.6 Å². The van der Waals surface area contributed by atoms with E-state index in [1.807, 2.05) is 29.8 Å². The Morgan fingerprint density at radius 3 is 2.96 bits per heavy atom. The Kier molecular flexibility index (Phi) is 5.65. The van der Waals surface area contributed by atoms with Crippen molar-refractivity contribution >= 4 is 6.03 Å². The number of aryl methyl sites for hydroxylation is 2. The number of rotatable bonds is 6. The molecule has 0 fully saturated rings. The first kappa shape index (κ1) is 17.4. The van der Waals surface area contributed by atoms with Crippen molar-refractivity contribution in [2.45, 2.75) is 38.9 Å². The zero-order valence-electron chi connectivity index (χ0n) is 14.9. The molecule has 25 heavy (non-hydrogen) atoms. The van der Waals surface area contributed by atoms with E-state index >= 15 is 0 Å². The van der Waals surface area contributed by atoms with Crippen molar-refractivity contribution < 1.29 is 4.79 Å². The van der Waals surface area contributed by atoms with Crippen LogP contribution in [0.5, 0.6) is 0 Å². The molecular weight excluding hydrogens is 316 g/mol. The maximum absolute atomic E-state index is 12.2. The summed E-state index contributed by atoms with van der Waals surface area (Å²) in [5.74, 6) is 1.62. The second-order valence-corrected chi connectivity index (χ2v) is 6.56. The molecule has 0 spiro atoms. The van der Waals surface area contributed by atoms with Crippen molar-refractivity contribution in [3.63, 3.8) is 0 Å². The summed E-state index contributed by atoms with van der Waals surface area (Å²) in [5, 5.41) is 10.3. The molecule has 7 nitrogen and oxygen atoms in total. The molecule has 134 valence electrons. The molecule has 1 atom stereocenters. The van der Waals surface area contributed by atoms with Gasteiger partial charge in [-0.15, -0.1) is 0 Å². The lowest BCUT2D eigenvalue weighted by Crippen LogP contribution is -2.42. The molecular formula is C18H26N6O. The Morgan fingerprint density at radius 2 is 2.16 bits per heavy atom. The van der Waals surface area contributed by atoms with Crippen molar-refractivity contribution in [1.82, 2.24) is 30.3 Å². The van der Waals surface area contributed by atoms with Crippen molar-refractivity contribution in [2.24, 2.45) is 0 Å². The van der Waals surface area contributed by atoms with Crippen LogP contribution in [0.3, 0.4) is 0 Å². The lowest BCUT2D eigenvalue weighted by atomic mass is 10.1. The maximum Gasteiger partial charge on any atom is 0.315 e. The molecule has 0 bridgehead atoms. The molecule has 2 aromatic rings. The van der Waals surface area contributed by atoms with Gasteiger partial charge in [-0.2, -0.15) is 5.10 Å². The highest BCUT2D eigenvalue weighted by molar-refractivity contribution is 5.74. The first-order chi connectivity index (χ1) is 12.1. The highest BCUT2D eigenvalue weighted by Gasteiger charge is 2.24. The minimum atomic E-state index is -0.146. The van der Waals surface area contributed by atoms with Gasteiger partial charge in [0.2, 0.25) is 0 Å². The van der Waals surface area contributed by atoms with Crippen molar-refractivity contribution in [2.75, 3.05) is 20.1 Å². The average Bonchev–Trinajstić information content (AvgIpc) is 2.97. The molecule has 0 radical (unpaired) electrons. The lowest BCUT2D eigenvalue weighted by molar-refractivity contribution is 0.230. The standard InChI is InChI=1S/C18H26N6O/c1-14-20-17-16(9-6-11-24(17)22-14)21-18(25)19-10-12-23(2)13-15-7-4-3-5-8-15/h3-5,7-8,16H,6,9-13H2,1-2H3,(H2,19,21,25)/t16-/m1/s1. The van der Waals surface area contributed by atoms with Gasteiger partial charge in [0, 0.05) is 26.2 Å². The van der Waals surface area contributed by atoms with Crippen molar-refractivity contribution in [1.29, 1.82) is 0 Å². The highest BCUT2D eigenvalue weighted by Crippen LogP contribution is 2.22. The number of fused-ring (bicyclic) bond motifs is 1. The van der Waals surface area contributed by atoms with Gasteiger partial charge in [0.05, 0.1) is 6.04 Å². The lowest BCUT2D eigenvalue weighted by Gasteiger charge is -2.23. The van der Waals surface area contributed by atoms with Crippen LogP contribution in [0.1, 0.15) is 36.1 Å². The second-order valence-electron chi connectivity index (χ2n) is 6.56. The van der Waals surface area contributed by atoms with E-state index in [2.05, 4.69) is 44.8 Å². The van der Waals surface area contributed by atoms with E-state index in [1.54, 1.807) is 0 Å². The molecule has 1 aromatic carbocycles. The van der Waals surface area contributed by atoms with Gasteiger partial charge in [-0.05, 0) is 32.4 Å². The van der Waals surface area contributed by atoms with Crippen molar-refractivity contribution in [3.8, 4) is 0 Å². The molecule has 7 heteroatoms. The Morgan fingerprint density at radius 1 is 1.36 bits per heavy atom. The van der Waals surface area contributed by atoms with Crippen LogP contribution in [0, 0.1) is 6.92 Å². The molecule has 2 heterocycles. The summed E-state index contributed by atoms with van der Waals surface area (Å²) in [6.07, 6.45) is 1.90. The fourth-order valence-corrected chi connectivity index (χ4v) is 3.15. The van der Waals surface area contributed by atoms with Crippen LogP contribution in [0.4, 0.5) is 4.79 Å². The Hall–Kier alpha value is -2.41. The molecule has 1 aromatic heterocycles. The van der Waals surface area contributed by atoms with E-state index in [-0.39, 0.29) is 12.1 Å². The summed E-state index contributed by atoms with van der Waals surface area (Å²) >= 11 is 0. The summed E-state index contributed by atoms with van der Waals surface area (Å²) in [6.45, 7) is 5.02. The van der Waals surface area contributed by atoms with E-state index in [0.717, 1.165) is 44.1 Å². The number of amides is 2. The first-order valence-electron chi connectivity index (χ1n) is 8.80. The number of nitrogens with zero attached hydrogens (tertiary/aromatic N) is 4. The minimum absolute atomic E-state index is 0.0583. The van der Waals surface area contributed by atoms with Crippen LogP contribution in [0.15, 0.2) is 30.3 Å². The van der Waals surface area contributed by atoms with Crippen LogP contribution >= 0.6 is 0 Å². The molecule has 0 saturated carbocycles. The number of hydrogen-bond acceptors (Lipinski definition) is 4.